The predicted molar refractivity (Wildman–Crippen MR) is 46.1 cm³/mol. The first-order valence-corrected chi connectivity index (χ1v) is 4.29. The topological polar surface area (TPSA) is 21.3 Å². The van der Waals surface area contributed by atoms with Gasteiger partial charge in [-0.1, -0.05) is 6.92 Å². The lowest BCUT2D eigenvalue weighted by molar-refractivity contribution is 0.0920. The molecular weight excluding hydrogens is 138 g/mol. The Balaban J connectivity index is 2.40. The average molecular weight is 155 g/mol. The Morgan fingerprint density at radius 3 is 2.64 bits per heavy atom. The molecule has 0 aromatic heterocycles. The minimum Gasteiger partial charge on any atom is -0.476 e. The maximum atomic E-state index is 5.59. The van der Waals surface area contributed by atoms with Crippen molar-refractivity contribution in [2.45, 2.75) is 46.3 Å². The summed E-state index contributed by atoms with van der Waals surface area (Å²) in [7, 11) is 0. The van der Waals surface area contributed by atoms with Crippen LogP contribution in [0, 0.1) is 0 Å². The van der Waals surface area contributed by atoms with Crippen molar-refractivity contribution in [2.24, 2.45) is 0 Å². The molecular formula is C9H17NO. The SMILES string of the molecule is CCC(C)OC1=C(C)[C@H](C)N1. The van der Waals surface area contributed by atoms with Crippen LogP contribution in [-0.4, -0.2) is 12.1 Å². The van der Waals surface area contributed by atoms with Crippen LogP contribution in [0.15, 0.2) is 11.5 Å². The minimum atomic E-state index is 0.333. The fraction of sp³-hybridized carbons (Fsp3) is 0.778. The number of rotatable bonds is 3. The summed E-state index contributed by atoms with van der Waals surface area (Å²) in [4.78, 5) is 0. The Kier molecular flexibility index (Phi) is 2.42. The summed E-state index contributed by atoms with van der Waals surface area (Å²) in [5, 5.41) is 3.22. The first-order chi connectivity index (χ1) is 5.15. The minimum absolute atomic E-state index is 0.333. The van der Waals surface area contributed by atoms with Crippen molar-refractivity contribution in [3.05, 3.63) is 11.5 Å². The van der Waals surface area contributed by atoms with Gasteiger partial charge in [-0.2, -0.15) is 0 Å². The molecule has 1 aliphatic rings. The second-order valence-corrected chi connectivity index (χ2v) is 3.21. The van der Waals surface area contributed by atoms with E-state index in [4.69, 9.17) is 4.74 Å². The van der Waals surface area contributed by atoms with E-state index in [0.717, 1.165) is 12.3 Å². The van der Waals surface area contributed by atoms with E-state index in [2.05, 4.69) is 33.0 Å². The van der Waals surface area contributed by atoms with Gasteiger partial charge in [-0.3, -0.25) is 0 Å². The van der Waals surface area contributed by atoms with Crippen LogP contribution in [0.5, 0.6) is 0 Å². The second-order valence-electron chi connectivity index (χ2n) is 3.21. The largest absolute Gasteiger partial charge is 0.476 e. The summed E-state index contributed by atoms with van der Waals surface area (Å²) in [5.74, 6) is 0.992. The predicted octanol–water partition coefficient (Wildman–Crippen LogP) is 2.02. The third-order valence-electron chi connectivity index (χ3n) is 2.25. The van der Waals surface area contributed by atoms with Crippen LogP contribution in [0.3, 0.4) is 0 Å². The van der Waals surface area contributed by atoms with Crippen LogP contribution in [0.25, 0.3) is 0 Å². The van der Waals surface area contributed by atoms with Gasteiger partial charge < -0.3 is 10.1 Å². The van der Waals surface area contributed by atoms with E-state index in [1.807, 2.05) is 0 Å². The van der Waals surface area contributed by atoms with Gasteiger partial charge in [-0.25, -0.2) is 0 Å². The maximum absolute atomic E-state index is 5.59. The molecule has 1 aliphatic heterocycles. The van der Waals surface area contributed by atoms with Gasteiger partial charge in [0.15, 0.2) is 5.88 Å². The van der Waals surface area contributed by atoms with Crippen molar-refractivity contribution in [3.63, 3.8) is 0 Å². The number of nitrogens with one attached hydrogen (secondary N) is 1. The summed E-state index contributed by atoms with van der Waals surface area (Å²) in [6, 6.07) is 0.508. The summed E-state index contributed by atoms with van der Waals surface area (Å²) < 4.78 is 5.59. The maximum Gasteiger partial charge on any atom is 0.188 e. The molecule has 0 saturated heterocycles. The zero-order valence-electron chi connectivity index (χ0n) is 7.77. The Hall–Kier alpha value is -0.660. The van der Waals surface area contributed by atoms with Gasteiger partial charge in [0.25, 0.3) is 0 Å². The average Bonchev–Trinajstić information content (AvgIpc) is 2.03. The number of hydrogen-bond acceptors (Lipinski definition) is 2. The summed E-state index contributed by atoms with van der Waals surface area (Å²) >= 11 is 0. The first kappa shape index (κ1) is 8.44. The van der Waals surface area contributed by atoms with Crippen LogP contribution >= 0.6 is 0 Å². The molecule has 0 amide bonds. The first-order valence-electron chi connectivity index (χ1n) is 4.29. The highest BCUT2D eigenvalue weighted by atomic mass is 16.5. The van der Waals surface area contributed by atoms with Gasteiger partial charge in [0.2, 0.25) is 0 Å². The van der Waals surface area contributed by atoms with E-state index >= 15 is 0 Å². The van der Waals surface area contributed by atoms with Gasteiger partial charge in [-0.05, 0) is 27.2 Å². The molecule has 0 spiro atoms. The van der Waals surface area contributed by atoms with Crippen molar-refractivity contribution in [2.75, 3.05) is 0 Å². The summed E-state index contributed by atoms with van der Waals surface area (Å²) in [6.45, 7) is 8.46. The Labute approximate surface area is 68.6 Å². The highest BCUT2D eigenvalue weighted by Crippen LogP contribution is 2.20. The molecule has 1 N–H and O–H groups in total. The van der Waals surface area contributed by atoms with Crippen molar-refractivity contribution >= 4 is 0 Å². The molecule has 11 heavy (non-hydrogen) atoms. The third kappa shape index (κ3) is 1.67. The van der Waals surface area contributed by atoms with E-state index in [1.54, 1.807) is 0 Å². The highest BCUT2D eigenvalue weighted by Gasteiger charge is 2.23. The second kappa shape index (κ2) is 3.16. The summed E-state index contributed by atoms with van der Waals surface area (Å²) in [5.41, 5.74) is 1.34. The van der Waals surface area contributed by atoms with Gasteiger partial charge in [0.05, 0.1) is 12.1 Å². The lowest BCUT2D eigenvalue weighted by Crippen LogP contribution is -2.40. The van der Waals surface area contributed by atoms with Crippen LogP contribution < -0.4 is 5.32 Å². The van der Waals surface area contributed by atoms with Gasteiger partial charge in [-0.15, -0.1) is 0 Å². The molecule has 1 heterocycles. The molecule has 1 rings (SSSR count). The van der Waals surface area contributed by atoms with Crippen LogP contribution in [0.4, 0.5) is 0 Å². The number of ether oxygens (including phenoxy) is 1. The summed E-state index contributed by atoms with van der Waals surface area (Å²) in [6.07, 6.45) is 1.40. The lowest BCUT2D eigenvalue weighted by atomic mass is 10.1. The van der Waals surface area contributed by atoms with E-state index in [0.29, 0.717) is 12.1 Å². The quantitative estimate of drug-likeness (QED) is 0.673. The molecule has 2 nitrogen and oxygen atoms in total. The zero-order valence-corrected chi connectivity index (χ0v) is 7.77. The van der Waals surface area contributed by atoms with Gasteiger partial charge in [0, 0.05) is 5.57 Å². The van der Waals surface area contributed by atoms with Gasteiger partial charge in [0.1, 0.15) is 0 Å². The van der Waals surface area contributed by atoms with Crippen LogP contribution in [0.2, 0.25) is 0 Å². The normalized spacial score (nSPS) is 25.6. The van der Waals surface area contributed by atoms with Crippen LogP contribution in [-0.2, 0) is 4.74 Å². The molecule has 64 valence electrons. The molecule has 0 aliphatic carbocycles. The van der Waals surface area contributed by atoms with Crippen LogP contribution in [0.1, 0.15) is 34.1 Å². The van der Waals surface area contributed by atoms with Crippen molar-refractivity contribution in [3.8, 4) is 0 Å². The lowest BCUT2D eigenvalue weighted by Gasteiger charge is -2.32. The van der Waals surface area contributed by atoms with Crippen molar-refractivity contribution in [1.82, 2.24) is 5.32 Å². The molecule has 0 fully saturated rings. The fourth-order valence-electron chi connectivity index (χ4n) is 0.949. The van der Waals surface area contributed by atoms with E-state index in [-0.39, 0.29) is 0 Å². The molecule has 0 saturated carbocycles. The molecule has 0 radical (unpaired) electrons. The zero-order chi connectivity index (χ0) is 8.43. The Morgan fingerprint density at radius 2 is 2.27 bits per heavy atom. The Morgan fingerprint density at radius 1 is 1.64 bits per heavy atom. The van der Waals surface area contributed by atoms with E-state index < -0.39 is 0 Å². The van der Waals surface area contributed by atoms with Crippen molar-refractivity contribution in [1.29, 1.82) is 0 Å². The molecule has 0 aromatic carbocycles. The van der Waals surface area contributed by atoms with Crippen molar-refractivity contribution < 1.29 is 4.74 Å². The smallest absolute Gasteiger partial charge is 0.188 e. The standard InChI is InChI=1S/C9H17NO/c1-5-6(2)11-9-7(3)8(4)10-9/h6,8,10H,5H2,1-4H3/t6?,8-/m0/s1. The monoisotopic (exact) mass is 155 g/mol. The third-order valence-corrected chi connectivity index (χ3v) is 2.25. The highest BCUT2D eigenvalue weighted by molar-refractivity contribution is 5.22. The van der Waals surface area contributed by atoms with E-state index in [1.165, 1.54) is 5.57 Å². The molecule has 2 heteroatoms. The van der Waals surface area contributed by atoms with E-state index in [9.17, 15) is 0 Å². The molecule has 0 bridgehead atoms. The fourth-order valence-corrected chi connectivity index (χ4v) is 0.949. The molecule has 0 aromatic rings. The molecule has 2 atom stereocenters. The molecule has 1 unspecified atom stereocenters. The Bertz CT molecular complexity index is 174. The van der Waals surface area contributed by atoms with Gasteiger partial charge >= 0.3 is 0 Å². The number of hydrogen-bond donors (Lipinski definition) is 1.